The second-order valence-corrected chi connectivity index (χ2v) is 9.77. The van der Waals surface area contributed by atoms with Gasteiger partial charge in [0.05, 0.1) is 5.69 Å². The smallest absolute Gasteiger partial charge is 0.244 e. The van der Waals surface area contributed by atoms with Gasteiger partial charge in [-0.3, -0.25) is 9.59 Å². The van der Waals surface area contributed by atoms with E-state index in [1.165, 1.54) is 30.0 Å². The van der Waals surface area contributed by atoms with Gasteiger partial charge in [0.25, 0.3) is 0 Å². The van der Waals surface area contributed by atoms with Crippen LogP contribution in [-0.2, 0) is 9.59 Å². The van der Waals surface area contributed by atoms with Crippen LogP contribution in [0.15, 0.2) is 89.8 Å². The van der Waals surface area contributed by atoms with Gasteiger partial charge in [-0.05, 0) is 36.8 Å². The molecule has 2 N–H and O–H groups in total. The number of benzene rings is 3. The molecule has 33 heavy (non-hydrogen) atoms. The fraction of sp³-hybridized carbons (Fsp3) is 0.115. The lowest BCUT2D eigenvalue weighted by Crippen LogP contribution is -2.19. The molecule has 2 amide bonds. The summed E-state index contributed by atoms with van der Waals surface area (Å²) in [5.74, 6) is -0.254. The topological polar surface area (TPSA) is 71.1 Å². The van der Waals surface area contributed by atoms with Crippen molar-refractivity contribution in [3.63, 3.8) is 0 Å². The summed E-state index contributed by atoms with van der Waals surface area (Å²) in [6.45, 7) is 3.48. The van der Waals surface area contributed by atoms with E-state index in [4.69, 9.17) is 0 Å². The Balaban J connectivity index is 1.55. The third-order valence-electron chi connectivity index (χ3n) is 4.84. The van der Waals surface area contributed by atoms with Crippen LogP contribution in [0.4, 0.5) is 10.8 Å². The number of nitrogens with zero attached hydrogens (tertiary/aromatic N) is 1. The molecule has 0 aliphatic heterocycles. The monoisotopic (exact) mass is 473 g/mol. The molecule has 4 rings (SSSR count). The van der Waals surface area contributed by atoms with Crippen molar-refractivity contribution < 1.29 is 9.59 Å². The van der Waals surface area contributed by atoms with E-state index in [1.54, 1.807) is 0 Å². The molecule has 1 unspecified atom stereocenters. The molecule has 0 aliphatic rings. The van der Waals surface area contributed by atoms with Crippen molar-refractivity contribution in [3.05, 3.63) is 95.4 Å². The van der Waals surface area contributed by atoms with Crippen LogP contribution in [0.2, 0.25) is 0 Å². The molecular weight excluding hydrogens is 450 g/mol. The summed E-state index contributed by atoms with van der Waals surface area (Å²) < 4.78 is 0. The average molecular weight is 474 g/mol. The first-order chi connectivity index (χ1) is 16.0. The number of carbonyl (C=O) groups excluding carboxylic acids is 2. The molecular formula is C26H23N3O2S2. The number of thiazole rings is 1. The Morgan fingerprint density at radius 1 is 0.879 bits per heavy atom. The van der Waals surface area contributed by atoms with E-state index in [0.29, 0.717) is 5.13 Å². The zero-order chi connectivity index (χ0) is 23.2. The van der Waals surface area contributed by atoms with Crippen LogP contribution in [0.5, 0.6) is 0 Å². The number of nitrogens with one attached hydrogen (secondary N) is 2. The van der Waals surface area contributed by atoms with Gasteiger partial charge in [0, 0.05) is 27.9 Å². The molecule has 0 aliphatic carbocycles. The second kappa shape index (κ2) is 10.5. The highest BCUT2D eigenvalue weighted by Gasteiger charge is 2.23. The van der Waals surface area contributed by atoms with Gasteiger partial charge in [-0.2, -0.15) is 0 Å². The van der Waals surface area contributed by atoms with Crippen LogP contribution in [0.1, 0.15) is 22.6 Å². The minimum atomic E-state index is -0.456. The molecule has 1 atom stereocenters. The fourth-order valence-electron chi connectivity index (χ4n) is 3.34. The number of aryl methyl sites for hydroxylation is 1. The highest BCUT2D eigenvalue weighted by molar-refractivity contribution is 8.00. The summed E-state index contributed by atoms with van der Waals surface area (Å²) in [6.07, 6.45) is 0. The molecule has 166 valence electrons. The van der Waals surface area contributed by atoms with E-state index in [-0.39, 0.29) is 11.8 Å². The van der Waals surface area contributed by atoms with Gasteiger partial charge in [0.15, 0.2) is 5.13 Å². The maximum absolute atomic E-state index is 13.4. The first-order valence-corrected chi connectivity index (χ1v) is 12.1. The summed E-state index contributed by atoms with van der Waals surface area (Å²) in [5.41, 5.74) is 3.54. The predicted octanol–water partition coefficient (Wildman–Crippen LogP) is 6.55. The van der Waals surface area contributed by atoms with Gasteiger partial charge in [-0.15, -0.1) is 23.1 Å². The minimum absolute atomic E-state index is 0.120. The molecule has 0 bridgehead atoms. The quantitative estimate of drug-likeness (QED) is 0.299. The van der Waals surface area contributed by atoms with Crippen molar-refractivity contribution in [1.29, 1.82) is 0 Å². The van der Waals surface area contributed by atoms with Crippen molar-refractivity contribution in [3.8, 4) is 11.3 Å². The molecule has 1 aromatic heterocycles. The number of hydrogen-bond acceptors (Lipinski definition) is 5. The number of hydrogen-bond donors (Lipinski definition) is 2. The molecule has 3 aromatic carbocycles. The lowest BCUT2D eigenvalue weighted by atomic mass is 10.1. The first kappa shape index (κ1) is 22.8. The Morgan fingerprint density at radius 3 is 2.15 bits per heavy atom. The molecule has 1 heterocycles. The van der Waals surface area contributed by atoms with E-state index in [1.807, 2.05) is 91.9 Å². The minimum Gasteiger partial charge on any atom is -0.326 e. The van der Waals surface area contributed by atoms with Gasteiger partial charge in [0.2, 0.25) is 11.8 Å². The maximum Gasteiger partial charge on any atom is 0.244 e. The van der Waals surface area contributed by atoms with Gasteiger partial charge in [-0.1, -0.05) is 60.7 Å². The van der Waals surface area contributed by atoms with Crippen molar-refractivity contribution in [2.45, 2.75) is 24.0 Å². The standard InChI is InChI=1S/C26H23N3O2S2/c1-17-23(19-9-5-3-6-10-19)28-26(32-17)29-25(31)24(20-11-7-4-8-12-20)33-22-15-13-21(14-16-22)27-18(2)30/h3-16,24H,1-2H3,(H,27,30)(H,28,29,31). The average Bonchev–Trinajstić information content (AvgIpc) is 3.19. The largest absolute Gasteiger partial charge is 0.326 e. The molecule has 5 nitrogen and oxygen atoms in total. The van der Waals surface area contributed by atoms with Crippen molar-refractivity contribution >= 4 is 45.7 Å². The van der Waals surface area contributed by atoms with E-state index in [0.717, 1.165) is 32.3 Å². The summed E-state index contributed by atoms with van der Waals surface area (Å²) in [6, 6.07) is 27.1. The third kappa shape index (κ3) is 5.88. The number of amides is 2. The summed E-state index contributed by atoms with van der Waals surface area (Å²) in [4.78, 5) is 31.3. The normalized spacial score (nSPS) is 11.6. The van der Waals surface area contributed by atoms with E-state index < -0.39 is 5.25 Å². The van der Waals surface area contributed by atoms with Crippen LogP contribution in [-0.4, -0.2) is 16.8 Å². The van der Waals surface area contributed by atoms with Crippen molar-refractivity contribution in [1.82, 2.24) is 4.98 Å². The molecule has 0 saturated heterocycles. The lowest BCUT2D eigenvalue weighted by Gasteiger charge is -2.16. The number of carbonyl (C=O) groups is 2. The maximum atomic E-state index is 13.4. The number of anilines is 2. The highest BCUT2D eigenvalue weighted by Crippen LogP contribution is 2.38. The number of aromatic nitrogens is 1. The number of thioether (sulfide) groups is 1. The molecule has 4 aromatic rings. The third-order valence-corrected chi connectivity index (χ3v) is 7.00. The van der Waals surface area contributed by atoms with Crippen LogP contribution < -0.4 is 10.6 Å². The van der Waals surface area contributed by atoms with Crippen LogP contribution in [0.3, 0.4) is 0 Å². The number of rotatable bonds is 7. The van der Waals surface area contributed by atoms with Gasteiger partial charge < -0.3 is 10.6 Å². The SMILES string of the molecule is CC(=O)Nc1ccc(SC(C(=O)Nc2nc(-c3ccccc3)c(C)s2)c2ccccc2)cc1. The molecule has 0 fully saturated rings. The van der Waals surface area contributed by atoms with Crippen LogP contribution in [0, 0.1) is 6.92 Å². The first-order valence-electron chi connectivity index (χ1n) is 10.4. The Hall–Kier alpha value is -3.42. The molecule has 0 radical (unpaired) electrons. The Kier molecular flexibility index (Phi) is 7.22. The van der Waals surface area contributed by atoms with E-state index >= 15 is 0 Å². The Morgan fingerprint density at radius 2 is 1.52 bits per heavy atom. The van der Waals surface area contributed by atoms with Crippen LogP contribution in [0.25, 0.3) is 11.3 Å². The second-order valence-electron chi connectivity index (χ2n) is 7.39. The summed E-state index contributed by atoms with van der Waals surface area (Å²) in [5, 5.41) is 5.91. The van der Waals surface area contributed by atoms with Gasteiger partial charge >= 0.3 is 0 Å². The zero-order valence-corrected chi connectivity index (χ0v) is 19.9. The van der Waals surface area contributed by atoms with Crippen LogP contribution >= 0.6 is 23.1 Å². The van der Waals surface area contributed by atoms with Gasteiger partial charge in [-0.25, -0.2) is 4.98 Å². The Labute approximate surface area is 201 Å². The molecule has 0 saturated carbocycles. The van der Waals surface area contributed by atoms with Crippen molar-refractivity contribution in [2.24, 2.45) is 0 Å². The van der Waals surface area contributed by atoms with Gasteiger partial charge in [0.1, 0.15) is 5.25 Å². The van der Waals surface area contributed by atoms with E-state index in [2.05, 4.69) is 15.6 Å². The lowest BCUT2D eigenvalue weighted by molar-refractivity contribution is -0.116. The van der Waals surface area contributed by atoms with Crippen molar-refractivity contribution in [2.75, 3.05) is 10.6 Å². The Bertz CT molecular complexity index is 1240. The zero-order valence-electron chi connectivity index (χ0n) is 18.2. The highest BCUT2D eigenvalue weighted by atomic mass is 32.2. The van der Waals surface area contributed by atoms with E-state index in [9.17, 15) is 9.59 Å². The molecule has 7 heteroatoms. The summed E-state index contributed by atoms with van der Waals surface area (Å²) >= 11 is 2.93. The fourth-order valence-corrected chi connectivity index (χ4v) is 5.20. The molecule has 0 spiro atoms. The summed E-state index contributed by atoms with van der Waals surface area (Å²) in [7, 11) is 0. The predicted molar refractivity (Wildman–Crippen MR) is 137 cm³/mol.